The van der Waals surface area contributed by atoms with Crippen LogP contribution >= 0.6 is 0 Å². The van der Waals surface area contributed by atoms with Crippen molar-refractivity contribution in [3.63, 3.8) is 0 Å². The number of aromatic nitrogens is 4. The average molecular weight is 405 g/mol. The van der Waals surface area contributed by atoms with Crippen molar-refractivity contribution in [3.8, 4) is 0 Å². The van der Waals surface area contributed by atoms with E-state index in [0.29, 0.717) is 19.0 Å². The Labute approximate surface area is 202 Å². The minimum Gasteiger partial charge on any atom is -0.417 e. The van der Waals surface area contributed by atoms with Crippen molar-refractivity contribution < 1.29 is 64.8 Å². The number of halogens is 2. The topological polar surface area (TPSA) is 78.8 Å². The largest absolute Gasteiger partial charge is 1.00 e. The number of rotatable bonds is 5. The van der Waals surface area contributed by atoms with Crippen molar-refractivity contribution in [2.24, 2.45) is 7.05 Å². The van der Waals surface area contributed by atoms with Crippen LogP contribution in [0.1, 0.15) is 12.8 Å². The third-order valence-corrected chi connectivity index (χ3v) is 3.09. The maximum absolute atomic E-state index is 11.1. The Bertz CT molecular complexity index is 670. The zero-order chi connectivity index (χ0) is 18.9. The standard InChI is InChI=1S/C12H16N6.C3H4F2.CO.CH3.K/c1-4-18(5-2)11-6-7-13-12(16-11)15-10-8-14-17(3)9-10;4-3(5)1-2-3;1-2;;/h6-9H,1-2,4-5H2,3H3,(H,13,15,16);1-2H2;;1H3;/q-2;;;-1;+1. The summed E-state index contributed by atoms with van der Waals surface area (Å²) in [6.07, 6.45) is 5.52. The Morgan fingerprint density at radius 3 is 2.30 bits per heavy atom. The van der Waals surface area contributed by atoms with Gasteiger partial charge in [0.1, 0.15) is 5.82 Å². The van der Waals surface area contributed by atoms with Gasteiger partial charge in [0.15, 0.2) is 0 Å². The van der Waals surface area contributed by atoms with Crippen LogP contribution in [0.5, 0.6) is 0 Å². The minimum atomic E-state index is -2.25. The number of hydrogen-bond donors (Lipinski definition) is 1. The molecule has 10 heteroatoms. The monoisotopic (exact) mass is 404 g/mol. The fraction of sp³-hybridized carbons (Fsp3) is 0.353. The van der Waals surface area contributed by atoms with Gasteiger partial charge in [0.05, 0.1) is 11.9 Å². The predicted molar refractivity (Wildman–Crippen MR) is 96.0 cm³/mol. The van der Waals surface area contributed by atoms with Crippen molar-refractivity contribution >= 4 is 17.5 Å². The molecule has 2 heterocycles. The number of aryl methyl sites for hydroxylation is 1. The molecule has 0 unspecified atom stereocenters. The van der Waals surface area contributed by atoms with Gasteiger partial charge in [-0.3, -0.25) is 4.68 Å². The molecule has 1 N–H and O–H groups in total. The molecule has 7 nitrogen and oxygen atoms in total. The summed E-state index contributed by atoms with van der Waals surface area (Å²) in [7, 11) is 1.86. The molecular formula is C17H23F2KN6O-2. The van der Waals surface area contributed by atoms with Crippen LogP contribution in [0.3, 0.4) is 0 Å². The third kappa shape index (κ3) is 10.9. The molecule has 0 amide bonds. The summed E-state index contributed by atoms with van der Waals surface area (Å²) in [5.41, 5.74) is 0.852. The summed E-state index contributed by atoms with van der Waals surface area (Å²) in [6, 6.07) is 1.84. The van der Waals surface area contributed by atoms with Crippen LogP contribution in [-0.2, 0) is 11.7 Å². The van der Waals surface area contributed by atoms with Crippen molar-refractivity contribution in [3.05, 3.63) is 52.6 Å². The van der Waals surface area contributed by atoms with Crippen LogP contribution in [0.4, 0.5) is 26.2 Å². The van der Waals surface area contributed by atoms with E-state index in [9.17, 15) is 8.78 Å². The molecule has 2 aromatic heterocycles. The second-order valence-electron chi connectivity index (χ2n) is 5.11. The molecule has 1 aliphatic rings. The van der Waals surface area contributed by atoms with Crippen LogP contribution < -0.4 is 61.6 Å². The quantitative estimate of drug-likeness (QED) is 0.439. The zero-order valence-electron chi connectivity index (χ0n) is 16.0. The Balaban J connectivity index is 0. The van der Waals surface area contributed by atoms with E-state index in [1.54, 1.807) is 17.1 Å². The smallest absolute Gasteiger partial charge is 0.417 e. The Hall–Kier alpha value is -0.874. The van der Waals surface area contributed by atoms with E-state index in [1.165, 1.54) is 0 Å². The number of nitrogens with zero attached hydrogens (tertiary/aromatic N) is 5. The van der Waals surface area contributed by atoms with Crippen LogP contribution in [0.15, 0.2) is 24.7 Å². The molecule has 0 spiro atoms. The average Bonchev–Trinajstić information content (AvgIpc) is 3.15. The van der Waals surface area contributed by atoms with E-state index in [-0.39, 0.29) is 71.7 Å². The molecule has 0 radical (unpaired) electrons. The van der Waals surface area contributed by atoms with Crippen LogP contribution in [-0.4, -0.2) is 38.8 Å². The van der Waals surface area contributed by atoms with Gasteiger partial charge in [-0.05, 0) is 6.07 Å². The van der Waals surface area contributed by atoms with Crippen molar-refractivity contribution in [2.45, 2.75) is 18.8 Å². The summed E-state index contributed by atoms with van der Waals surface area (Å²) < 4.78 is 31.5. The van der Waals surface area contributed by atoms with Crippen molar-refractivity contribution in [1.82, 2.24) is 19.7 Å². The molecule has 1 aliphatic carbocycles. The van der Waals surface area contributed by atoms with Gasteiger partial charge in [0.2, 0.25) is 11.9 Å². The molecule has 0 saturated heterocycles. The van der Waals surface area contributed by atoms with E-state index in [2.05, 4.69) is 40.9 Å². The SMILES string of the molecule is FC1(F)CC1.[C-]#[O+].[CH2-]CN(C[CH2-])c1ccnc(Nc2cnn(C)c2)n1.[CH3-].[K+]. The summed E-state index contributed by atoms with van der Waals surface area (Å²) in [5.74, 6) is -0.909. The predicted octanol–water partition coefficient (Wildman–Crippen LogP) is 0.261. The second-order valence-corrected chi connectivity index (χ2v) is 5.11. The van der Waals surface area contributed by atoms with Crippen LogP contribution in [0.25, 0.3) is 0 Å². The second kappa shape index (κ2) is 14.2. The van der Waals surface area contributed by atoms with Gasteiger partial charge in [0.25, 0.3) is 0 Å². The van der Waals surface area contributed by atoms with E-state index >= 15 is 0 Å². The van der Waals surface area contributed by atoms with Crippen LogP contribution in [0.2, 0.25) is 0 Å². The number of alkyl halides is 2. The van der Waals surface area contributed by atoms with E-state index < -0.39 is 5.92 Å². The van der Waals surface area contributed by atoms with E-state index in [0.717, 1.165) is 11.5 Å². The van der Waals surface area contributed by atoms with Crippen molar-refractivity contribution in [1.29, 1.82) is 0 Å². The number of anilines is 3. The number of nitrogens with one attached hydrogen (secondary N) is 1. The molecule has 1 saturated carbocycles. The molecule has 0 aliphatic heterocycles. The fourth-order valence-corrected chi connectivity index (χ4v) is 1.64. The Kier molecular flexibility index (Phi) is 14.9. The summed E-state index contributed by atoms with van der Waals surface area (Å²) in [5, 5.41) is 7.17. The first-order valence-corrected chi connectivity index (χ1v) is 7.44. The zero-order valence-corrected chi connectivity index (χ0v) is 19.1. The molecule has 3 rings (SSSR count). The van der Waals surface area contributed by atoms with Gasteiger partial charge in [-0.2, -0.15) is 10.1 Å². The third-order valence-electron chi connectivity index (χ3n) is 3.09. The molecule has 0 atom stereocenters. The normalized spacial score (nSPS) is 12.6. The summed E-state index contributed by atoms with van der Waals surface area (Å²) in [6.45, 7) is 13.4. The van der Waals surface area contributed by atoms with Crippen molar-refractivity contribution in [2.75, 3.05) is 23.3 Å². The fourth-order valence-electron chi connectivity index (χ4n) is 1.64. The number of hydrogen-bond acceptors (Lipinski definition) is 5. The maximum Gasteiger partial charge on any atom is 1.00 e. The molecule has 0 aromatic carbocycles. The summed E-state index contributed by atoms with van der Waals surface area (Å²) >= 11 is 0. The minimum absolute atomic E-state index is 0. The Morgan fingerprint density at radius 1 is 1.33 bits per heavy atom. The van der Waals surface area contributed by atoms with Gasteiger partial charge in [-0.1, -0.05) is 0 Å². The Morgan fingerprint density at radius 2 is 1.89 bits per heavy atom. The van der Waals surface area contributed by atoms with E-state index in [4.69, 9.17) is 4.65 Å². The first-order valence-electron chi connectivity index (χ1n) is 7.44. The van der Waals surface area contributed by atoms with Gasteiger partial charge in [-0.25, -0.2) is 13.8 Å². The summed E-state index contributed by atoms with van der Waals surface area (Å²) in [4.78, 5) is 10.5. The molecular weight excluding hydrogens is 381 g/mol. The molecule has 2 aromatic rings. The molecule has 1 fully saturated rings. The van der Waals surface area contributed by atoms with E-state index in [1.807, 2.05) is 24.2 Å². The van der Waals surface area contributed by atoms with Gasteiger partial charge < -0.3 is 31.5 Å². The first kappa shape index (κ1) is 28.3. The van der Waals surface area contributed by atoms with Crippen LogP contribution in [0, 0.1) is 27.9 Å². The van der Waals surface area contributed by atoms with Gasteiger partial charge in [0, 0.05) is 32.3 Å². The van der Waals surface area contributed by atoms with Gasteiger partial charge >= 0.3 is 62.7 Å². The molecule has 0 bridgehead atoms. The van der Waals surface area contributed by atoms with Gasteiger partial charge in [-0.15, -0.1) is 13.1 Å². The maximum atomic E-state index is 11.1. The first-order chi connectivity index (χ1) is 11.9. The molecule has 27 heavy (non-hydrogen) atoms. The molecule has 144 valence electrons.